The smallest absolute Gasteiger partial charge is 0.143 e. The van der Waals surface area contributed by atoms with Gasteiger partial charge in [0, 0.05) is 6.54 Å². The van der Waals surface area contributed by atoms with Crippen LogP contribution in [0.4, 0.5) is 0 Å². The summed E-state index contributed by atoms with van der Waals surface area (Å²) in [5, 5.41) is 11.1. The Labute approximate surface area is 177 Å². The van der Waals surface area contributed by atoms with Gasteiger partial charge in [-0.05, 0) is 46.4 Å². The van der Waals surface area contributed by atoms with Crippen LogP contribution in [0, 0.1) is 0 Å². The third kappa shape index (κ3) is 3.96. The predicted octanol–water partition coefficient (Wildman–Crippen LogP) is 5.47. The van der Waals surface area contributed by atoms with E-state index in [2.05, 4.69) is 55.7 Å². The lowest BCUT2D eigenvalue weighted by Gasteiger charge is -2.20. The van der Waals surface area contributed by atoms with Crippen molar-refractivity contribution in [2.24, 2.45) is 0 Å². The maximum Gasteiger partial charge on any atom is 0.143 e. The molecule has 0 bridgehead atoms. The molecule has 4 nitrogen and oxygen atoms in total. The lowest BCUT2D eigenvalue weighted by Crippen LogP contribution is -2.12. The molecule has 30 heavy (non-hydrogen) atoms. The highest BCUT2D eigenvalue weighted by Crippen LogP contribution is 2.28. The molecule has 3 aromatic carbocycles. The first-order valence-corrected chi connectivity index (χ1v) is 10.2. The Kier molecular flexibility index (Phi) is 5.35. The molecule has 1 heterocycles. The van der Waals surface area contributed by atoms with E-state index in [0.29, 0.717) is 12.4 Å². The van der Waals surface area contributed by atoms with Gasteiger partial charge in [-0.15, -0.1) is 0 Å². The van der Waals surface area contributed by atoms with Gasteiger partial charge in [-0.1, -0.05) is 69.3 Å². The van der Waals surface area contributed by atoms with Crippen LogP contribution in [-0.4, -0.2) is 21.8 Å². The van der Waals surface area contributed by atoms with Gasteiger partial charge in [0.2, 0.25) is 0 Å². The van der Waals surface area contributed by atoms with E-state index in [1.807, 2.05) is 42.5 Å². The maximum atomic E-state index is 11.1. The molecule has 4 heteroatoms. The molecule has 0 aliphatic rings. The molecule has 0 spiro atoms. The highest BCUT2D eigenvalue weighted by atomic mass is 16.5. The monoisotopic (exact) mass is 400 g/mol. The van der Waals surface area contributed by atoms with Crippen LogP contribution in [0.5, 0.6) is 5.75 Å². The third-order valence-electron chi connectivity index (χ3n) is 5.52. The number of benzene rings is 3. The summed E-state index contributed by atoms with van der Waals surface area (Å²) in [6.45, 7) is 7.30. The molecule has 4 aromatic rings. The molecular weight excluding hydrogens is 372 g/mol. The van der Waals surface area contributed by atoms with Crippen LogP contribution >= 0.6 is 0 Å². The number of aliphatic hydroxyl groups is 1. The fourth-order valence-corrected chi connectivity index (χ4v) is 3.70. The zero-order valence-corrected chi connectivity index (χ0v) is 18.0. The third-order valence-corrected chi connectivity index (χ3v) is 5.52. The molecule has 0 saturated carbocycles. The number of aromatic nitrogens is 2. The van der Waals surface area contributed by atoms with Gasteiger partial charge >= 0.3 is 0 Å². The molecule has 1 aromatic heterocycles. The fraction of sp³-hybridized carbons (Fsp3) is 0.269. The topological polar surface area (TPSA) is 47.3 Å². The van der Waals surface area contributed by atoms with E-state index in [0.717, 1.165) is 22.3 Å². The average molecular weight is 401 g/mol. The number of aliphatic hydroxyl groups excluding tert-OH is 1. The normalized spacial score (nSPS) is 12.8. The Morgan fingerprint density at radius 2 is 1.60 bits per heavy atom. The van der Waals surface area contributed by atoms with Crippen LogP contribution in [0.1, 0.15) is 49.4 Å². The number of nitrogens with zero attached hydrogens (tertiary/aromatic N) is 2. The zero-order valence-electron chi connectivity index (χ0n) is 18.0. The first kappa shape index (κ1) is 20.2. The molecule has 0 unspecified atom stereocenters. The van der Waals surface area contributed by atoms with Crippen LogP contribution in [-0.2, 0) is 12.0 Å². The minimum Gasteiger partial charge on any atom is -0.497 e. The minimum atomic E-state index is -0.822. The largest absolute Gasteiger partial charge is 0.497 e. The number of hydrogen-bond donors (Lipinski definition) is 1. The van der Waals surface area contributed by atoms with Gasteiger partial charge in [-0.2, -0.15) is 0 Å². The van der Waals surface area contributed by atoms with Crippen molar-refractivity contribution in [2.45, 2.75) is 38.8 Å². The number of imidazole rings is 1. The van der Waals surface area contributed by atoms with Crippen LogP contribution in [0.3, 0.4) is 0 Å². The number of fused-ring (bicyclic) bond motifs is 1. The molecule has 0 radical (unpaired) electrons. The summed E-state index contributed by atoms with van der Waals surface area (Å²) in [4.78, 5) is 4.77. The summed E-state index contributed by atoms with van der Waals surface area (Å²) < 4.78 is 7.34. The second-order valence-electron chi connectivity index (χ2n) is 8.67. The van der Waals surface area contributed by atoms with Crippen molar-refractivity contribution in [1.29, 1.82) is 0 Å². The Balaban J connectivity index is 1.73. The van der Waals surface area contributed by atoms with Gasteiger partial charge < -0.3 is 14.4 Å². The van der Waals surface area contributed by atoms with Crippen molar-refractivity contribution >= 4 is 11.0 Å². The molecule has 0 aliphatic heterocycles. The van der Waals surface area contributed by atoms with Gasteiger partial charge in [-0.3, -0.25) is 0 Å². The van der Waals surface area contributed by atoms with Crippen molar-refractivity contribution in [2.75, 3.05) is 7.11 Å². The number of para-hydroxylation sites is 2. The second kappa shape index (κ2) is 7.96. The van der Waals surface area contributed by atoms with Crippen molar-refractivity contribution in [1.82, 2.24) is 9.55 Å². The summed E-state index contributed by atoms with van der Waals surface area (Å²) in [6, 6.07) is 24.2. The summed E-state index contributed by atoms with van der Waals surface area (Å²) in [7, 11) is 1.63. The average Bonchev–Trinajstić information content (AvgIpc) is 3.11. The number of hydrogen-bond acceptors (Lipinski definition) is 3. The molecule has 1 N–H and O–H groups in total. The summed E-state index contributed by atoms with van der Waals surface area (Å²) in [6.07, 6.45) is -0.822. The van der Waals surface area contributed by atoms with Crippen molar-refractivity contribution in [3.63, 3.8) is 0 Å². The Morgan fingerprint density at radius 3 is 2.23 bits per heavy atom. The predicted molar refractivity (Wildman–Crippen MR) is 121 cm³/mol. The second-order valence-corrected chi connectivity index (χ2v) is 8.67. The van der Waals surface area contributed by atoms with E-state index in [4.69, 9.17) is 9.72 Å². The highest BCUT2D eigenvalue weighted by Gasteiger charge is 2.20. The number of methoxy groups -OCH3 is 1. The van der Waals surface area contributed by atoms with Crippen LogP contribution in [0.15, 0.2) is 72.8 Å². The molecule has 4 rings (SSSR count). The first-order chi connectivity index (χ1) is 14.4. The summed E-state index contributed by atoms with van der Waals surface area (Å²) in [5.74, 6) is 1.40. The fourth-order valence-electron chi connectivity index (χ4n) is 3.70. The molecule has 0 fully saturated rings. The Morgan fingerprint density at radius 1 is 0.933 bits per heavy atom. The lowest BCUT2D eigenvalue weighted by molar-refractivity contribution is 0.206. The van der Waals surface area contributed by atoms with Crippen LogP contribution in [0.25, 0.3) is 11.0 Å². The van der Waals surface area contributed by atoms with Gasteiger partial charge in [-0.25, -0.2) is 4.98 Å². The van der Waals surface area contributed by atoms with E-state index in [9.17, 15) is 5.11 Å². The number of ether oxygens (including phenoxy) is 1. The van der Waals surface area contributed by atoms with E-state index >= 15 is 0 Å². The molecule has 0 saturated heterocycles. The highest BCUT2D eigenvalue weighted by molar-refractivity contribution is 5.76. The van der Waals surface area contributed by atoms with Gasteiger partial charge in [0.25, 0.3) is 0 Å². The van der Waals surface area contributed by atoms with E-state index in [-0.39, 0.29) is 5.41 Å². The van der Waals surface area contributed by atoms with Gasteiger partial charge in [0.15, 0.2) is 0 Å². The van der Waals surface area contributed by atoms with Crippen molar-refractivity contribution in [3.8, 4) is 5.75 Å². The van der Waals surface area contributed by atoms with Crippen LogP contribution < -0.4 is 4.74 Å². The van der Waals surface area contributed by atoms with Gasteiger partial charge in [0.05, 0.1) is 18.1 Å². The van der Waals surface area contributed by atoms with E-state index < -0.39 is 6.10 Å². The quantitative estimate of drug-likeness (QED) is 0.483. The summed E-state index contributed by atoms with van der Waals surface area (Å²) in [5.41, 5.74) is 5.28. The van der Waals surface area contributed by atoms with E-state index in [1.54, 1.807) is 7.11 Å². The van der Waals surface area contributed by atoms with E-state index in [1.165, 1.54) is 11.1 Å². The minimum absolute atomic E-state index is 0.121. The Hall–Kier alpha value is -3.11. The maximum absolute atomic E-state index is 11.1. The SMILES string of the molecule is COc1ccc([C@H](O)c2nc3ccccc3n2Cc2ccc(C(C)(C)C)cc2)cc1. The zero-order chi connectivity index (χ0) is 21.3. The van der Waals surface area contributed by atoms with Crippen molar-refractivity contribution in [3.05, 3.63) is 95.3 Å². The first-order valence-electron chi connectivity index (χ1n) is 10.2. The Bertz CT molecular complexity index is 1140. The molecule has 0 amide bonds. The number of rotatable bonds is 5. The molecule has 1 atom stereocenters. The summed E-state index contributed by atoms with van der Waals surface area (Å²) >= 11 is 0. The standard InChI is InChI=1S/C26H28N2O2/c1-26(2,3)20-13-9-18(10-14-20)17-28-23-8-6-5-7-22(23)27-25(28)24(29)19-11-15-21(30-4)16-12-19/h5-16,24,29H,17H2,1-4H3/t24-/m0/s1. The lowest BCUT2D eigenvalue weighted by atomic mass is 9.87. The molecule has 154 valence electrons. The molecule has 0 aliphatic carbocycles. The molecular formula is C26H28N2O2. The van der Waals surface area contributed by atoms with Crippen LogP contribution in [0.2, 0.25) is 0 Å². The van der Waals surface area contributed by atoms with Crippen molar-refractivity contribution < 1.29 is 9.84 Å². The van der Waals surface area contributed by atoms with Gasteiger partial charge in [0.1, 0.15) is 17.7 Å².